The van der Waals surface area contributed by atoms with E-state index in [1.165, 1.54) is 7.11 Å². The Morgan fingerprint density at radius 3 is 2.55 bits per heavy atom. The lowest BCUT2D eigenvalue weighted by atomic mass is 10.0. The molecule has 1 fully saturated rings. The number of ether oxygens (including phenoxy) is 2. The van der Waals surface area contributed by atoms with Crippen LogP contribution < -0.4 is 14.8 Å². The van der Waals surface area contributed by atoms with Crippen molar-refractivity contribution in [1.29, 1.82) is 0 Å². The highest BCUT2D eigenvalue weighted by molar-refractivity contribution is 6.31. The van der Waals surface area contributed by atoms with Gasteiger partial charge < -0.3 is 19.7 Å². The molecular formula is C22H25ClN2O4. The van der Waals surface area contributed by atoms with Crippen molar-refractivity contribution in [2.45, 2.75) is 25.3 Å². The molecule has 1 aliphatic heterocycles. The molecule has 2 amide bonds. The Labute approximate surface area is 175 Å². The molecule has 154 valence electrons. The van der Waals surface area contributed by atoms with Gasteiger partial charge in [-0.15, -0.1) is 0 Å². The van der Waals surface area contributed by atoms with Crippen LogP contribution in [0.25, 0.3) is 0 Å². The minimum atomic E-state index is -0.217. The molecule has 2 aromatic carbocycles. The number of piperidine rings is 1. The second-order valence-electron chi connectivity index (χ2n) is 6.88. The lowest BCUT2D eigenvalue weighted by Gasteiger charge is -2.32. The molecule has 1 N–H and O–H groups in total. The van der Waals surface area contributed by atoms with Crippen molar-refractivity contribution in [2.75, 3.05) is 26.8 Å². The first-order valence-electron chi connectivity index (χ1n) is 9.67. The van der Waals surface area contributed by atoms with Crippen molar-refractivity contribution in [1.82, 2.24) is 10.2 Å². The minimum absolute atomic E-state index is 0.0100. The maximum absolute atomic E-state index is 12.6. The van der Waals surface area contributed by atoms with E-state index in [1.54, 1.807) is 18.2 Å². The molecule has 0 aromatic heterocycles. The summed E-state index contributed by atoms with van der Waals surface area (Å²) >= 11 is 6.01. The van der Waals surface area contributed by atoms with Gasteiger partial charge >= 0.3 is 0 Å². The highest BCUT2D eigenvalue weighted by Crippen LogP contribution is 2.23. The Morgan fingerprint density at radius 2 is 1.86 bits per heavy atom. The number of carbonyl (C=O) groups is 2. The van der Waals surface area contributed by atoms with E-state index in [1.807, 2.05) is 35.2 Å². The summed E-state index contributed by atoms with van der Waals surface area (Å²) < 4.78 is 10.8. The van der Waals surface area contributed by atoms with Gasteiger partial charge in [0.1, 0.15) is 11.5 Å². The van der Waals surface area contributed by atoms with Gasteiger partial charge in [-0.2, -0.15) is 0 Å². The second kappa shape index (κ2) is 10.2. The van der Waals surface area contributed by atoms with Gasteiger partial charge in [-0.1, -0.05) is 29.8 Å². The number of amides is 2. The highest BCUT2D eigenvalue weighted by atomic mass is 35.5. The Balaban J connectivity index is 1.43. The summed E-state index contributed by atoms with van der Waals surface area (Å²) in [4.78, 5) is 26.8. The van der Waals surface area contributed by atoms with E-state index in [9.17, 15) is 9.59 Å². The zero-order valence-electron chi connectivity index (χ0n) is 16.4. The fourth-order valence-electron chi connectivity index (χ4n) is 3.33. The van der Waals surface area contributed by atoms with E-state index >= 15 is 0 Å². The Kier molecular flexibility index (Phi) is 7.36. The third-order valence-electron chi connectivity index (χ3n) is 4.92. The quantitative estimate of drug-likeness (QED) is 0.749. The number of hydrogen-bond donors (Lipinski definition) is 1. The average molecular weight is 417 g/mol. The minimum Gasteiger partial charge on any atom is -0.496 e. The van der Waals surface area contributed by atoms with Crippen LogP contribution in [0.3, 0.4) is 0 Å². The molecule has 0 bridgehead atoms. The lowest BCUT2D eigenvalue weighted by molar-refractivity contribution is -0.132. The third kappa shape index (κ3) is 5.87. The van der Waals surface area contributed by atoms with Crippen LogP contribution in [0.2, 0.25) is 5.02 Å². The van der Waals surface area contributed by atoms with Crippen LogP contribution in [0.1, 0.15) is 29.6 Å². The number of nitrogens with one attached hydrogen (secondary N) is 1. The predicted molar refractivity (Wildman–Crippen MR) is 112 cm³/mol. The van der Waals surface area contributed by atoms with E-state index < -0.39 is 0 Å². The number of nitrogens with zero attached hydrogens (tertiary/aromatic N) is 1. The molecule has 6 nitrogen and oxygen atoms in total. The molecule has 2 aromatic rings. The SMILES string of the molecule is COc1ccc(Cl)cc1C(=O)NC1CCN(C(=O)CCOc2ccccc2)CC1. The fourth-order valence-corrected chi connectivity index (χ4v) is 3.50. The molecule has 1 heterocycles. The molecule has 0 aliphatic carbocycles. The van der Waals surface area contributed by atoms with Gasteiger partial charge in [0, 0.05) is 24.2 Å². The third-order valence-corrected chi connectivity index (χ3v) is 5.15. The summed E-state index contributed by atoms with van der Waals surface area (Å²) in [6, 6.07) is 14.4. The number of carbonyl (C=O) groups excluding carboxylic acids is 2. The molecule has 3 rings (SSSR count). The van der Waals surface area contributed by atoms with Crippen LogP contribution in [0, 0.1) is 0 Å². The van der Waals surface area contributed by atoms with Crippen molar-refractivity contribution >= 4 is 23.4 Å². The van der Waals surface area contributed by atoms with E-state index in [4.69, 9.17) is 21.1 Å². The molecule has 0 atom stereocenters. The zero-order valence-corrected chi connectivity index (χ0v) is 17.2. The molecule has 0 radical (unpaired) electrons. The molecule has 0 spiro atoms. The second-order valence-corrected chi connectivity index (χ2v) is 7.32. The van der Waals surface area contributed by atoms with E-state index in [2.05, 4.69) is 5.32 Å². The maximum Gasteiger partial charge on any atom is 0.255 e. The number of benzene rings is 2. The number of rotatable bonds is 7. The monoisotopic (exact) mass is 416 g/mol. The van der Waals surface area contributed by atoms with Crippen LogP contribution in [0.5, 0.6) is 11.5 Å². The summed E-state index contributed by atoms with van der Waals surface area (Å²) in [5, 5.41) is 3.50. The lowest BCUT2D eigenvalue weighted by Crippen LogP contribution is -2.46. The normalized spacial score (nSPS) is 14.3. The van der Waals surface area contributed by atoms with Crippen molar-refractivity contribution in [3.05, 3.63) is 59.1 Å². The van der Waals surface area contributed by atoms with Gasteiger partial charge in [-0.25, -0.2) is 0 Å². The van der Waals surface area contributed by atoms with E-state index in [0.717, 1.165) is 5.75 Å². The standard InChI is InChI=1S/C22H25ClN2O4/c1-28-20-8-7-16(23)15-19(20)22(27)24-17-9-12-25(13-10-17)21(26)11-14-29-18-5-3-2-4-6-18/h2-8,15,17H,9-14H2,1H3,(H,24,27). The van der Waals surface area contributed by atoms with Crippen LogP contribution in [-0.4, -0.2) is 49.6 Å². The summed E-state index contributed by atoms with van der Waals surface area (Å²) in [5.41, 5.74) is 0.413. The average Bonchev–Trinajstić information content (AvgIpc) is 2.75. The van der Waals surface area contributed by atoms with Gasteiger partial charge in [0.25, 0.3) is 5.91 Å². The van der Waals surface area contributed by atoms with Crippen molar-refractivity contribution in [2.24, 2.45) is 0 Å². The van der Waals surface area contributed by atoms with Crippen LogP contribution in [-0.2, 0) is 4.79 Å². The van der Waals surface area contributed by atoms with Crippen LogP contribution >= 0.6 is 11.6 Å². The smallest absolute Gasteiger partial charge is 0.255 e. The van der Waals surface area contributed by atoms with Crippen LogP contribution in [0.4, 0.5) is 0 Å². The van der Waals surface area contributed by atoms with Crippen molar-refractivity contribution in [3.63, 3.8) is 0 Å². The number of para-hydroxylation sites is 1. The van der Waals surface area contributed by atoms with Gasteiger partial charge in [-0.05, 0) is 43.2 Å². The largest absolute Gasteiger partial charge is 0.496 e. The maximum atomic E-state index is 12.6. The molecular weight excluding hydrogens is 392 g/mol. The number of likely N-dealkylation sites (tertiary alicyclic amines) is 1. The number of methoxy groups -OCH3 is 1. The first kappa shape index (κ1) is 21.0. The molecule has 0 unspecified atom stereocenters. The van der Waals surface area contributed by atoms with Gasteiger partial charge in [0.05, 0.1) is 25.7 Å². The Morgan fingerprint density at radius 1 is 1.14 bits per heavy atom. The Bertz CT molecular complexity index is 836. The van der Waals surface area contributed by atoms with Crippen molar-refractivity contribution < 1.29 is 19.1 Å². The van der Waals surface area contributed by atoms with E-state index in [0.29, 0.717) is 55.3 Å². The predicted octanol–water partition coefficient (Wildman–Crippen LogP) is 3.54. The van der Waals surface area contributed by atoms with Gasteiger partial charge in [0.15, 0.2) is 0 Å². The summed E-state index contributed by atoms with van der Waals surface area (Å²) in [6.45, 7) is 1.58. The van der Waals surface area contributed by atoms with Gasteiger partial charge in [0.2, 0.25) is 5.91 Å². The zero-order chi connectivity index (χ0) is 20.6. The molecule has 29 heavy (non-hydrogen) atoms. The molecule has 7 heteroatoms. The summed E-state index contributed by atoms with van der Waals surface area (Å²) in [6.07, 6.45) is 1.76. The summed E-state index contributed by atoms with van der Waals surface area (Å²) in [7, 11) is 1.52. The number of hydrogen-bond acceptors (Lipinski definition) is 4. The number of halogens is 1. The first-order valence-corrected chi connectivity index (χ1v) is 10.0. The first-order chi connectivity index (χ1) is 14.1. The molecule has 1 saturated heterocycles. The summed E-state index contributed by atoms with van der Waals surface area (Å²) in [5.74, 6) is 1.10. The highest BCUT2D eigenvalue weighted by Gasteiger charge is 2.25. The topological polar surface area (TPSA) is 67.9 Å². The Hall–Kier alpha value is -2.73. The van der Waals surface area contributed by atoms with E-state index in [-0.39, 0.29) is 17.9 Å². The van der Waals surface area contributed by atoms with Gasteiger partial charge in [-0.3, -0.25) is 9.59 Å². The molecule has 1 aliphatic rings. The van der Waals surface area contributed by atoms with Crippen LogP contribution in [0.15, 0.2) is 48.5 Å². The van der Waals surface area contributed by atoms with Crippen molar-refractivity contribution in [3.8, 4) is 11.5 Å². The fraction of sp³-hybridized carbons (Fsp3) is 0.364. The molecule has 0 saturated carbocycles.